The number of imidazole rings is 1. The van der Waals surface area contributed by atoms with E-state index in [1.165, 1.54) is 0 Å². The molecule has 4 heteroatoms. The molecule has 70 valence electrons. The molecule has 0 saturated heterocycles. The molecule has 1 N–H and O–H groups in total. The quantitative estimate of drug-likeness (QED) is 0.684. The molecule has 0 atom stereocenters. The smallest absolute Gasteiger partial charge is 0.240 e. The van der Waals surface area contributed by atoms with Crippen LogP contribution in [-0.2, 0) is 11.3 Å². The van der Waals surface area contributed by atoms with Crippen molar-refractivity contribution in [2.45, 2.75) is 13.5 Å². The van der Waals surface area contributed by atoms with E-state index in [2.05, 4.69) is 16.9 Å². The van der Waals surface area contributed by atoms with Crippen molar-refractivity contribution in [2.24, 2.45) is 0 Å². The normalized spacial score (nSPS) is 9.62. The summed E-state index contributed by atoms with van der Waals surface area (Å²) in [6, 6.07) is 0. The van der Waals surface area contributed by atoms with Crippen LogP contribution >= 0.6 is 0 Å². The van der Waals surface area contributed by atoms with Gasteiger partial charge in [-0.25, -0.2) is 4.98 Å². The summed E-state index contributed by atoms with van der Waals surface area (Å²) in [6.07, 6.45) is 5.11. The molecule has 0 spiro atoms. The van der Waals surface area contributed by atoms with Crippen LogP contribution < -0.4 is 5.32 Å². The molecule has 1 aromatic heterocycles. The Morgan fingerprint density at radius 2 is 2.62 bits per heavy atom. The number of nitrogens with one attached hydrogen (secondary N) is 1. The summed E-state index contributed by atoms with van der Waals surface area (Å²) in [4.78, 5) is 15.2. The van der Waals surface area contributed by atoms with Gasteiger partial charge in [0.1, 0.15) is 12.4 Å². The maximum absolute atomic E-state index is 11.2. The molecule has 0 fully saturated rings. The summed E-state index contributed by atoms with van der Waals surface area (Å²) in [7, 11) is 0. The monoisotopic (exact) mass is 179 g/mol. The van der Waals surface area contributed by atoms with Crippen LogP contribution in [-0.4, -0.2) is 22.0 Å². The molecule has 13 heavy (non-hydrogen) atoms. The Labute approximate surface area is 77.3 Å². The second-order valence-electron chi connectivity index (χ2n) is 2.70. The zero-order valence-electron chi connectivity index (χ0n) is 7.66. The van der Waals surface area contributed by atoms with Crippen LogP contribution in [0.3, 0.4) is 0 Å². The van der Waals surface area contributed by atoms with E-state index in [1.807, 2.05) is 6.92 Å². The topological polar surface area (TPSA) is 46.9 Å². The van der Waals surface area contributed by atoms with Crippen molar-refractivity contribution in [3.05, 3.63) is 30.9 Å². The number of rotatable bonds is 4. The third-order valence-corrected chi connectivity index (χ3v) is 1.68. The van der Waals surface area contributed by atoms with E-state index >= 15 is 0 Å². The van der Waals surface area contributed by atoms with Crippen molar-refractivity contribution in [1.82, 2.24) is 14.9 Å². The fourth-order valence-electron chi connectivity index (χ4n) is 0.967. The highest BCUT2D eigenvalue weighted by Gasteiger charge is 2.02. The number of hydrogen-bond donors (Lipinski definition) is 1. The zero-order valence-corrected chi connectivity index (χ0v) is 7.66. The third-order valence-electron chi connectivity index (χ3n) is 1.68. The first kappa shape index (κ1) is 9.51. The van der Waals surface area contributed by atoms with E-state index in [0.29, 0.717) is 13.1 Å². The Morgan fingerprint density at radius 3 is 3.15 bits per heavy atom. The minimum absolute atomic E-state index is 0.0269. The van der Waals surface area contributed by atoms with E-state index in [-0.39, 0.29) is 5.91 Å². The van der Waals surface area contributed by atoms with Gasteiger partial charge >= 0.3 is 0 Å². The fourth-order valence-corrected chi connectivity index (χ4v) is 0.967. The van der Waals surface area contributed by atoms with Gasteiger partial charge in [-0.3, -0.25) is 4.79 Å². The molecule has 4 nitrogen and oxygen atoms in total. The van der Waals surface area contributed by atoms with Crippen LogP contribution in [0.5, 0.6) is 0 Å². The molecule has 0 saturated carbocycles. The number of aromatic nitrogens is 2. The van der Waals surface area contributed by atoms with Gasteiger partial charge in [-0.1, -0.05) is 6.08 Å². The zero-order chi connectivity index (χ0) is 9.68. The summed E-state index contributed by atoms with van der Waals surface area (Å²) in [5.74, 6) is 0.815. The van der Waals surface area contributed by atoms with Gasteiger partial charge in [-0.15, -0.1) is 6.58 Å². The van der Waals surface area contributed by atoms with Crippen LogP contribution in [0.1, 0.15) is 5.82 Å². The number of amides is 1. The largest absolute Gasteiger partial charge is 0.351 e. The Bertz CT molecular complexity index is 304. The molecule has 0 unspecified atom stereocenters. The summed E-state index contributed by atoms with van der Waals surface area (Å²) in [6.45, 7) is 6.20. The summed E-state index contributed by atoms with van der Waals surface area (Å²) in [5.41, 5.74) is 0. The SMILES string of the molecule is C=CCNC(=O)Cn1ccnc1C. The molecular weight excluding hydrogens is 166 g/mol. The highest BCUT2D eigenvalue weighted by Crippen LogP contribution is 1.93. The van der Waals surface area contributed by atoms with Crippen molar-refractivity contribution in [1.29, 1.82) is 0 Å². The van der Waals surface area contributed by atoms with Gasteiger partial charge in [0.25, 0.3) is 0 Å². The number of aryl methyl sites for hydroxylation is 1. The second kappa shape index (κ2) is 4.45. The van der Waals surface area contributed by atoms with Gasteiger partial charge in [-0.2, -0.15) is 0 Å². The van der Waals surface area contributed by atoms with Crippen molar-refractivity contribution in [3.8, 4) is 0 Å². The first-order chi connectivity index (χ1) is 6.24. The average Bonchev–Trinajstić information content (AvgIpc) is 2.48. The molecule has 1 amide bonds. The third kappa shape index (κ3) is 2.74. The second-order valence-corrected chi connectivity index (χ2v) is 2.70. The van der Waals surface area contributed by atoms with E-state index in [4.69, 9.17) is 0 Å². The summed E-state index contributed by atoms with van der Waals surface area (Å²) < 4.78 is 1.79. The number of carbonyl (C=O) groups excluding carboxylic acids is 1. The Morgan fingerprint density at radius 1 is 1.85 bits per heavy atom. The molecule has 1 heterocycles. The Kier molecular flexibility index (Phi) is 3.25. The minimum Gasteiger partial charge on any atom is -0.351 e. The minimum atomic E-state index is -0.0269. The van der Waals surface area contributed by atoms with Crippen LogP contribution in [0.4, 0.5) is 0 Å². The van der Waals surface area contributed by atoms with E-state index in [0.717, 1.165) is 5.82 Å². The first-order valence-electron chi connectivity index (χ1n) is 4.09. The molecular formula is C9H13N3O. The standard InChI is InChI=1S/C9H13N3O/c1-3-4-11-9(13)7-12-6-5-10-8(12)2/h3,5-6H,1,4,7H2,2H3,(H,11,13). The van der Waals surface area contributed by atoms with Crippen molar-refractivity contribution < 1.29 is 4.79 Å². The van der Waals surface area contributed by atoms with Crippen molar-refractivity contribution in [2.75, 3.05) is 6.54 Å². The lowest BCUT2D eigenvalue weighted by molar-refractivity contribution is -0.121. The number of hydrogen-bond acceptors (Lipinski definition) is 2. The Hall–Kier alpha value is -1.58. The molecule has 0 aliphatic carbocycles. The molecule has 0 bridgehead atoms. The highest BCUT2D eigenvalue weighted by atomic mass is 16.1. The van der Waals surface area contributed by atoms with Crippen molar-refractivity contribution in [3.63, 3.8) is 0 Å². The van der Waals surface area contributed by atoms with Gasteiger partial charge in [-0.05, 0) is 6.92 Å². The number of carbonyl (C=O) groups is 1. The Balaban J connectivity index is 2.45. The predicted octanol–water partition coefficient (Wildman–Crippen LogP) is 0.494. The van der Waals surface area contributed by atoms with Crippen LogP contribution in [0.2, 0.25) is 0 Å². The van der Waals surface area contributed by atoms with E-state index in [1.54, 1.807) is 23.0 Å². The van der Waals surface area contributed by atoms with Gasteiger partial charge in [0, 0.05) is 18.9 Å². The van der Waals surface area contributed by atoms with Gasteiger partial charge in [0.05, 0.1) is 0 Å². The molecule has 1 rings (SSSR count). The highest BCUT2D eigenvalue weighted by molar-refractivity contribution is 5.75. The maximum Gasteiger partial charge on any atom is 0.240 e. The van der Waals surface area contributed by atoms with Crippen LogP contribution in [0.15, 0.2) is 25.0 Å². The first-order valence-corrected chi connectivity index (χ1v) is 4.09. The molecule has 1 aromatic rings. The van der Waals surface area contributed by atoms with E-state index < -0.39 is 0 Å². The summed E-state index contributed by atoms with van der Waals surface area (Å²) in [5, 5.41) is 2.69. The van der Waals surface area contributed by atoms with Gasteiger partial charge in [0.15, 0.2) is 0 Å². The average molecular weight is 179 g/mol. The predicted molar refractivity (Wildman–Crippen MR) is 50.2 cm³/mol. The number of nitrogens with zero attached hydrogens (tertiary/aromatic N) is 2. The summed E-state index contributed by atoms with van der Waals surface area (Å²) >= 11 is 0. The van der Waals surface area contributed by atoms with Crippen LogP contribution in [0, 0.1) is 6.92 Å². The molecule has 0 radical (unpaired) electrons. The van der Waals surface area contributed by atoms with Crippen LogP contribution in [0.25, 0.3) is 0 Å². The maximum atomic E-state index is 11.2. The lowest BCUT2D eigenvalue weighted by Gasteiger charge is -2.04. The molecule has 0 aliphatic heterocycles. The molecule has 0 aliphatic rings. The lowest BCUT2D eigenvalue weighted by Crippen LogP contribution is -2.27. The van der Waals surface area contributed by atoms with E-state index in [9.17, 15) is 4.79 Å². The molecule has 0 aromatic carbocycles. The van der Waals surface area contributed by atoms with Crippen molar-refractivity contribution >= 4 is 5.91 Å². The fraction of sp³-hybridized carbons (Fsp3) is 0.333. The lowest BCUT2D eigenvalue weighted by atomic mass is 10.5. The van der Waals surface area contributed by atoms with Gasteiger partial charge in [0.2, 0.25) is 5.91 Å². The van der Waals surface area contributed by atoms with Gasteiger partial charge < -0.3 is 9.88 Å².